The summed E-state index contributed by atoms with van der Waals surface area (Å²) in [6.07, 6.45) is -1.78. The van der Waals surface area contributed by atoms with Crippen LogP contribution < -0.4 is 0 Å². The number of fused-ring (bicyclic) bond motifs is 6. The normalized spacial score (nSPS) is 37.1. The van der Waals surface area contributed by atoms with Crippen molar-refractivity contribution in [2.45, 2.75) is 123 Å². The predicted molar refractivity (Wildman–Crippen MR) is 186 cm³/mol. The maximum atomic E-state index is 14.8. The molecule has 1 aromatic heterocycles. The van der Waals surface area contributed by atoms with Gasteiger partial charge in [-0.3, -0.25) is 24.0 Å². The van der Waals surface area contributed by atoms with Gasteiger partial charge in [-0.25, -0.2) is 9.59 Å². The van der Waals surface area contributed by atoms with Crippen LogP contribution in [0, 0.1) is 28.6 Å². The fourth-order valence-electron chi connectivity index (χ4n) is 10.4. The quantitative estimate of drug-likeness (QED) is 0.186. The van der Waals surface area contributed by atoms with E-state index in [0.29, 0.717) is 12.0 Å². The second-order valence-electron chi connectivity index (χ2n) is 16.1. The minimum absolute atomic E-state index is 0.00511. The molecule has 15 nitrogen and oxygen atoms in total. The number of hydrogen-bond donors (Lipinski definition) is 0. The van der Waals surface area contributed by atoms with Gasteiger partial charge in [0.2, 0.25) is 11.7 Å². The van der Waals surface area contributed by atoms with Gasteiger partial charge in [-0.2, -0.15) is 0 Å². The second kappa shape index (κ2) is 13.7. The molecule has 1 aromatic rings. The molecule has 12 atom stereocenters. The Labute approximate surface area is 318 Å². The Morgan fingerprint density at radius 2 is 1.67 bits per heavy atom. The van der Waals surface area contributed by atoms with Crippen molar-refractivity contribution >= 4 is 41.6 Å². The van der Waals surface area contributed by atoms with Gasteiger partial charge < -0.3 is 37.6 Å². The molecule has 0 radical (unpaired) electrons. The highest BCUT2D eigenvalue weighted by Gasteiger charge is 2.82. The maximum Gasteiger partial charge on any atom is 0.348 e. The molecule has 4 fully saturated rings. The minimum Gasteiger partial charge on any atom is -0.472 e. The molecule has 0 N–H and O–H groups in total. The highest BCUT2D eigenvalue weighted by atomic mass is 16.6. The smallest absolute Gasteiger partial charge is 0.348 e. The number of furan rings is 1. The van der Waals surface area contributed by atoms with Crippen molar-refractivity contribution in [2.24, 2.45) is 28.6 Å². The van der Waals surface area contributed by atoms with E-state index in [4.69, 9.17) is 37.6 Å². The molecule has 0 bridgehead atoms. The lowest BCUT2D eigenvalue weighted by Gasteiger charge is -2.58. The average Bonchev–Trinajstić information content (AvgIpc) is 3.84. The summed E-state index contributed by atoms with van der Waals surface area (Å²) >= 11 is 0. The van der Waals surface area contributed by atoms with Gasteiger partial charge in [0, 0.05) is 69.6 Å². The summed E-state index contributed by atoms with van der Waals surface area (Å²) in [6.45, 7) is 17.4. The van der Waals surface area contributed by atoms with Gasteiger partial charge in [0.25, 0.3) is 0 Å². The number of rotatable bonds is 10. The summed E-state index contributed by atoms with van der Waals surface area (Å²) in [5.41, 5.74) is -5.88. The minimum atomic E-state index is -2.13. The average molecular weight is 769 g/mol. The first-order valence-corrected chi connectivity index (χ1v) is 18.4. The lowest BCUT2D eigenvalue weighted by atomic mass is 9.47. The van der Waals surface area contributed by atoms with E-state index in [1.165, 1.54) is 33.3 Å². The molecule has 0 spiro atoms. The summed E-state index contributed by atoms with van der Waals surface area (Å²) in [5.74, 6) is -8.42. The van der Waals surface area contributed by atoms with Gasteiger partial charge >= 0.3 is 35.8 Å². The molecule has 2 saturated carbocycles. The number of Topliss-reactive ketones (excluding diaryl/α,β-unsaturated/α-hetero) is 1. The zero-order chi connectivity index (χ0) is 40.6. The van der Waals surface area contributed by atoms with Crippen molar-refractivity contribution < 1.29 is 71.1 Å². The fraction of sp³-hybridized carbons (Fsp3) is 0.625. The van der Waals surface area contributed by atoms with Crippen LogP contribution >= 0.6 is 0 Å². The number of hydrogen-bond acceptors (Lipinski definition) is 15. The Bertz CT molecular complexity index is 1880. The molecule has 2 saturated heterocycles. The number of carbonyl (C=O) groups is 7. The fourth-order valence-corrected chi connectivity index (χ4v) is 10.4. The SMILES string of the molecule is C=C1C2C(OC3CC(OC(C)=O)=C4C(=O)OC(C)(COC(C)=O)C4C32C)C(OC(=O)C(OC(C)=O)C(C)CC)C2(C)C(c3ccoc3)CC(=O)C12OC(C)=O. The van der Waals surface area contributed by atoms with E-state index in [9.17, 15) is 33.6 Å². The number of cyclic esters (lactones) is 1. The Morgan fingerprint density at radius 1 is 0.982 bits per heavy atom. The second-order valence-corrected chi connectivity index (χ2v) is 16.1. The zero-order valence-corrected chi connectivity index (χ0v) is 32.5. The molecular weight excluding hydrogens is 720 g/mol. The molecule has 0 aromatic carbocycles. The van der Waals surface area contributed by atoms with Gasteiger partial charge in [-0.15, -0.1) is 0 Å². The molecule has 6 rings (SSSR count). The molecule has 15 heteroatoms. The molecular formula is C40H48O15. The number of esters is 6. The third kappa shape index (κ3) is 5.83. The van der Waals surface area contributed by atoms with Crippen LogP contribution in [0.4, 0.5) is 0 Å². The van der Waals surface area contributed by atoms with E-state index < -0.39 is 118 Å². The number of carbonyl (C=O) groups excluding carboxylic acids is 7. The van der Waals surface area contributed by atoms with Crippen molar-refractivity contribution in [1.82, 2.24) is 0 Å². The zero-order valence-electron chi connectivity index (χ0n) is 32.5. The number of ketones is 1. The first-order valence-electron chi connectivity index (χ1n) is 18.4. The van der Waals surface area contributed by atoms with Crippen LogP contribution in [0.3, 0.4) is 0 Å². The van der Waals surface area contributed by atoms with Crippen LogP contribution in [0.2, 0.25) is 0 Å². The largest absolute Gasteiger partial charge is 0.472 e. The topological polar surface area (TPSA) is 197 Å². The Hall–Kier alpha value is -4.79. The Balaban J connectivity index is 1.61. The molecule has 55 heavy (non-hydrogen) atoms. The van der Waals surface area contributed by atoms with Gasteiger partial charge in [-0.1, -0.05) is 34.3 Å². The monoisotopic (exact) mass is 768 g/mol. The highest BCUT2D eigenvalue weighted by Crippen LogP contribution is 2.73. The van der Waals surface area contributed by atoms with Crippen molar-refractivity contribution in [3.8, 4) is 0 Å². The predicted octanol–water partition coefficient (Wildman–Crippen LogP) is 4.21. The van der Waals surface area contributed by atoms with Crippen LogP contribution in [0.25, 0.3) is 0 Å². The van der Waals surface area contributed by atoms with E-state index in [2.05, 4.69) is 6.58 Å². The van der Waals surface area contributed by atoms with E-state index >= 15 is 0 Å². The molecule has 12 unspecified atom stereocenters. The summed E-state index contributed by atoms with van der Waals surface area (Å²) in [5, 5.41) is 0. The third-order valence-corrected chi connectivity index (χ3v) is 12.7. The van der Waals surface area contributed by atoms with E-state index in [-0.39, 0.29) is 29.7 Å². The van der Waals surface area contributed by atoms with Crippen molar-refractivity contribution in [3.63, 3.8) is 0 Å². The van der Waals surface area contributed by atoms with E-state index in [1.807, 2.05) is 6.92 Å². The summed E-state index contributed by atoms with van der Waals surface area (Å²) < 4.78 is 47.8. The molecule has 2 aliphatic heterocycles. The van der Waals surface area contributed by atoms with Crippen molar-refractivity contribution in [3.05, 3.63) is 47.6 Å². The van der Waals surface area contributed by atoms with Crippen LogP contribution in [0.15, 0.2) is 46.5 Å². The standard InChI is InChI=1S/C40H48O15/c1-11-18(2)31(51-22(6)43)36(47)53-34-32-30(19(3)40(54-23(7)44)27(45)14-25(39(34,40)10)24-12-13-48-16-24)38(9)28(52-32)15-26(50-21(5)42)29-33(38)37(8,55-35(29)46)17-49-20(4)41/h12-13,16,18,25,28,30-34H,3,11,14-15,17H2,1-2,4-10H3. The van der Waals surface area contributed by atoms with Crippen LogP contribution in [-0.4, -0.2) is 83.8 Å². The van der Waals surface area contributed by atoms with Crippen LogP contribution in [0.1, 0.15) is 93.1 Å². The van der Waals surface area contributed by atoms with E-state index in [0.717, 1.165) is 6.92 Å². The third-order valence-electron chi connectivity index (χ3n) is 12.7. The molecule has 3 aliphatic carbocycles. The highest BCUT2D eigenvalue weighted by molar-refractivity contribution is 5.99. The molecule has 0 amide bonds. The molecule has 5 aliphatic rings. The maximum absolute atomic E-state index is 14.8. The van der Waals surface area contributed by atoms with Crippen LogP contribution in [0.5, 0.6) is 0 Å². The lowest BCUT2D eigenvalue weighted by molar-refractivity contribution is -0.221. The summed E-state index contributed by atoms with van der Waals surface area (Å²) in [4.78, 5) is 93.2. The van der Waals surface area contributed by atoms with Gasteiger partial charge in [0.15, 0.2) is 11.4 Å². The first-order chi connectivity index (χ1) is 25.7. The van der Waals surface area contributed by atoms with Gasteiger partial charge in [-0.05, 0) is 30.5 Å². The molecule has 3 heterocycles. The van der Waals surface area contributed by atoms with Gasteiger partial charge in [0.05, 0.1) is 29.6 Å². The first kappa shape index (κ1) is 39.9. The van der Waals surface area contributed by atoms with Crippen molar-refractivity contribution in [1.29, 1.82) is 0 Å². The summed E-state index contributed by atoms with van der Waals surface area (Å²) in [7, 11) is 0. The number of ether oxygens (including phenoxy) is 7. The van der Waals surface area contributed by atoms with Gasteiger partial charge in [0.1, 0.15) is 24.6 Å². The van der Waals surface area contributed by atoms with Crippen molar-refractivity contribution in [2.75, 3.05) is 6.61 Å². The van der Waals surface area contributed by atoms with Crippen LogP contribution in [-0.2, 0) is 66.7 Å². The molecule has 298 valence electrons. The summed E-state index contributed by atoms with van der Waals surface area (Å²) in [6, 6.07) is 1.67. The lowest BCUT2D eigenvalue weighted by Crippen LogP contribution is -2.69. The Kier molecular flexibility index (Phi) is 9.97. The Morgan fingerprint density at radius 3 is 2.24 bits per heavy atom. The van der Waals surface area contributed by atoms with E-state index in [1.54, 1.807) is 33.8 Å².